The number of carbonyl (C=O) groups is 1. The Hall–Kier alpha value is -2.76. The minimum Gasteiger partial charge on any atom is -0.398 e. The van der Waals surface area contributed by atoms with E-state index in [1.54, 1.807) is 6.07 Å². The Bertz CT molecular complexity index is 611. The number of hydrogen-bond acceptors (Lipinski definition) is 5. The Labute approximate surface area is 102 Å². The molecule has 0 fully saturated rings. The number of anilines is 1. The van der Waals surface area contributed by atoms with E-state index in [2.05, 4.69) is 4.98 Å². The lowest BCUT2D eigenvalue weighted by Crippen LogP contribution is -2.09. The molecule has 0 atom stereocenters. The summed E-state index contributed by atoms with van der Waals surface area (Å²) < 4.78 is 0. The summed E-state index contributed by atoms with van der Waals surface area (Å²) in [5, 5.41) is 10.9. The number of nitro groups is 1. The molecule has 6 nitrogen and oxygen atoms in total. The van der Waals surface area contributed by atoms with Crippen molar-refractivity contribution in [2.45, 2.75) is 0 Å². The molecule has 0 radical (unpaired) electrons. The maximum atomic E-state index is 12.2. The van der Waals surface area contributed by atoms with Crippen LogP contribution < -0.4 is 5.73 Å². The number of nitrogen functional groups attached to an aromatic ring is 1. The predicted octanol–water partition coefficient (Wildman–Crippen LogP) is 1.80. The molecule has 0 aliphatic heterocycles. The minimum atomic E-state index is -0.625. The number of rotatable bonds is 3. The Morgan fingerprint density at radius 3 is 2.67 bits per heavy atom. The average molecular weight is 243 g/mol. The van der Waals surface area contributed by atoms with Crippen molar-refractivity contribution in [2.24, 2.45) is 0 Å². The topological polar surface area (TPSA) is 99.1 Å². The summed E-state index contributed by atoms with van der Waals surface area (Å²) in [6.07, 6.45) is 2.86. The Balaban J connectivity index is 2.58. The second kappa shape index (κ2) is 4.62. The highest BCUT2D eigenvalue weighted by Crippen LogP contribution is 2.26. The number of hydrogen-bond donors (Lipinski definition) is 1. The number of benzene rings is 1. The molecule has 0 aliphatic carbocycles. The van der Waals surface area contributed by atoms with Gasteiger partial charge in [-0.25, -0.2) is 0 Å². The van der Waals surface area contributed by atoms with Gasteiger partial charge in [0.25, 0.3) is 5.69 Å². The van der Waals surface area contributed by atoms with E-state index >= 15 is 0 Å². The molecule has 0 saturated carbocycles. The summed E-state index contributed by atoms with van der Waals surface area (Å²) in [4.78, 5) is 26.2. The lowest BCUT2D eigenvalue weighted by Gasteiger charge is -2.05. The molecule has 2 rings (SSSR count). The van der Waals surface area contributed by atoms with Gasteiger partial charge in [-0.05, 0) is 18.2 Å². The van der Waals surface area contributed by atoms with Crippen LogP contribution in [0.1, 0.15) is 15.9 Å². The van der Waals surface area contributed by atoms with Gasteiger partial charge in [0.15, 0.2) is 0 Å². The third-order valence-corrected chi connectivity index (χ3v) is 2.42. The van der Waals surface area contributed by atoms with E-state index in [0.717, 1.165) is 0 Å². The largest absolute Gasteiger partial charge is 0.398 e. The Kier molecular flexibility index (Phi) is 3.01. The van der Waals surface area contributed by atoms with Crippen molar-refractivity contribution in [2.75, 3.05) is 5.73 Å². The molecule has 2 N–H and O–H groups in total. The fourth-order valence-electron chi connectivity index (χ4n) is 1.60. The average Bonchev–Trinajstić information content (AvgIpc) is 2.38. The van der Waals surface area contributed by atoms with Crippen molar-refractivity contribution >= 4 is 17.2 Å². The molecule has 0 bridgehead atoms. The Morgan fingerprint density at radius 2 is 2.06 bits per heavy atom. The summed E-state index contributed by atoms with van der Waals surface area (Å²) >= 11 is 0. The molecule has 90 valence electrons. The van der Waals surface area contributed by atoms with Crippen LogP contribution in [-0.4, -0.2) is 15.7 Å². The van der Waals surface area contributed by atoms with Gasteiger partial charge >= 0.3 is 0 Å². The molecule has 0 aliphatic rings. The van der Waals surface area contributed by atoms with Crippen LogP contribution in [0.5, 0.6) is 0 Å². The second-order valence-corrected chi connectivity index (χ2v) is 3.57. The smallest absolute Gasteiger partial charge is 0.282 e. The van der Waals surface area contributed by atoms with Gasteiger partial charge in [-0.3, -0.25) is 19.9 Å². The first-order chi connectivity index (χ1) is 8.61. The second-order valence-electron chi connectivity index (χ2n) is 3.57. The van der Waals surface area contributed by atoms with Gasteiger partial charge < -0.3 is 5.73 Å². The molecule has 0 spiro atoms. The number of aromatic nitrogens is 1. The van der Waals surface area contributed by atoms with Crippen LogP contribution in [0.4, 0.5) is 11.4 Å². The first kappa shape index (κ1) is 11.7. The van der Waals surface area contributed by atoms with E-state index in [0.29, 0.717) is 0 Å². The summed E-state index contributed by atoms with van der Waals surface area (Å²) in [5.74, 6) is -0.507. The zero-order valence-electron chi connectivity index (χ0n) is 9.24. The quantitative estimate of drug-likeness (QED) is 0.383. The summed E-state index contributed by atoms with van der Waals surface area (Å²) in [5.41, 5.74) is 5.59. The molecule has 0 unspecified atom stereocenters. The normalized spacial score (nSPS) is 10.0. The van der Waals surface area contributed by atoms with Gasteiger partial charge in [0.2, 0.25) is 5.78 Å². The van der Waals surface area contributed by atoms with Crippen molar-refractivity contribution in [3.05, 3.63) is 64.0 Å². The zero-order chi connectivity index (χ0) is 13.1. The van der Waals surface area contributed by atoms with Gasteiger partial charge in [0, 0.05) is 29.7 Å². The highest BCUT2D eigenvalue weighted by atomic mass is 16.6. The summed E-state index contributed by atoms with van der Waals surface area (Å²) in [6.45, 7) is 0. The highest BCUT2D eigenvalue weighted by Gasteiger charge is 2.23. The van der Waals surface area contributed by atoms with Crippen LogP contribution in [0.15, 0.2) is 42.7 Å². The lowest BCUT2D eigenvalue weighted by molar-refractivity contribution is -0.385. The Morgan fingerprint density at radius 1 is 1.28 bits per heavy atom. The summed E-state index contributed by atoms with van der Waals surface area (Å²) in [7, 11) is 0. The van der Waals surface area contributed by atoms with Gasteiger partial charge in [-0.15, -0.1) is 0 Å². The van der Waals surface area contributed by atoms with Crippen molar-refractivity contribution in [1.82, 2.24) is 4.98 Å². The number of nitrogens with two attached hydrogens (primary N) is 1. The van der Waals surface area contributed by atoms with Gasteiger partial charge in [-0.2, -0.15) is 0 Å². The molecule has 6 heteroatoms. The molecule has 1 aromatic carbocycles. The van der Waals surface area contributed by atoms with E-state index in [-0.39, 0.29) is 22.5 Å². The van der Waals surface area contributed by atoms with E-state index in [1.165, 1.54) is 36.7 Å². The van der Waals surface area contributed by atoms with Crippen molar-refractivity contribution in [1.29, 1.82) is 0 Å². The number of carbonyl (C=O) groups excluding carboxylic acids is 1. The number of nitrogens with zero attached hydrogens (tertiary/aromatic N) is 2. The van der Waals surface area contributed by atoms with Crippen molar-refractivity contribution in [3.8, 4) is 0 Å². The maximum absolute atomic E-state index is 12.2. The molecule has 18 heavy (non-hydrogen) atoms. The first-order valence-electron chi connectivity index (χ1n) is 5.09. The SMILES string of the molecule is Nc1cccc([N+](=O)[O-])c1C(=O)c1cccnc1. The third kappa shape index (κ3) is 2.03. The van der Waals surface area contributed by atoms with Crippen LogP contribution in [-0.2, 0) is 0 Å². The van der Waals surface area contributed by atoms with E-state index in [4.69, 9.17) is 5.73 Å². The predicted molar refractivity (Wildman–Crippen MR) is 65.2 cm³/mol. The monoisotopic (exact) mass is 243 g/mol. The van der Waals surface area contributed by atoms with Gasteiger partial charge in [-0.1, -0.05) is 6.07 Å². The van der Waals surface area contributed by atoms with Gasteiger partial charge in [0.1, 0.15) is 5.56 Å². The van der Waals surface area contributed by atoms with Crippen molar-refractivity contribution < 1.29 is 9.72 Å². The fourth-order valence-corrected chi connectivity index (χ4v) is 1.60. The molecule has 2 aromatic rings. The summed E-state index contributed by atoms with van der Waals surface area (Å²) in [6, 6.07) is 7.26. The van der Waals surface area contributed by atoms with Crippen LogP contribution in [0.25, 0.3) is 0 Å². The van der Waals surface area contributed by atoms with E-state index in [1.807, 2.05) is 0 Å². The molecule has 0 saturated heterocycles. The fraction of sp³-hybridized carbons (Fsp3) is 0. The third-order valence-electron chi connectivity index (χ3n) is 2.42. The van der Waals surface area contributed by atoms with Crippen LogP contribution in [0, 0.1) is 10.1 Å². The van der Waals surface area contributed by atoms with Crippen LogP contribution in [0.3, 0.4) is 0 Å². The highest BCUT2D eigenvalue weighted by molar-refractivity contribution is 6.14. The number of ketones is 1. The standard InChI is InChI=1S/C12H9N3O3/c13-9-4-1-5-10(15(17)18)11(9)12(16)8-3-2-6-14-7-8/h1-7H,13H2. The molecular formula is C12H9N3O3. The molecular weight excluding hydrogens is 234 g/mol. The van der Waals surface area contributed by atoms with Crippen LogP contribution >= 0.6 is 0 Å². The number of pyridine rings is 1. The molecule has 1 heterocycles. The first-order valence-corrected chi connectivity index (χ1v) is 5.09. The number of nitro benzene ring substituents is 1. The van der Waals surface area contributed by atoms with E-state index in [9.17, 15) is 14.9 Å². The molecule has 1 aromatic heterocycles. The van der Waals surface area contributed by atoms with Gasteiger partial charge in [0.05, 0.1) is 4.92 Å². The lowest BCUT2D eigenvalue weighted by atomic mass is 10.0. The maximum Gasteiger partial charge on any atom is 0.282 e. The minimum absolute atomic E-state index is 0.0815. The zero-order valence-corrected chi connectivity index (χ0v) is 9.24. The van der Waals surface area contributed by atoms with Crippen molar-refractivity contribution in [3.63, 3.8) is 0 Å². The van der Waals surface area contributed by atoms with Crippen LogP contribution in [0.2, 0.25) is 0 Å². The van der Waals surface area contributed by atoms with E-state index < -0.39 is 10.7 Å². The molecule has 0 amide bonds.